The molecule has 0 N–H and O–H groups in total. The van der Waals surface area contributed by atoms with Crippen LogP contribution in [0.2, 0.25) is 5.02 Å². The highest BCUT2D eigenvalue weighted by molar-refractivity contribution is 6.33. The van der Waals surface area contributed by atoms with Gasteiger partial charge in [0.05, 0.1) is 5.02 Å². The Hall–Kier alpha value is -1.07. The molecule has 2 aliphatic heterocycles. The lowest BCUT2D eigenvalue weighted by molar-refractivity contribution is 0.0587. The van der Waals surface area contributed by atoms with E-state index < -0.39 is 0 Å². The Morgan fingerprint density at radius 3 is 2.40 bits per heavy atom. The minimum Gasteiger partial charge on any atom is -0.337 e. The normalized spacial score (nSPS) is 22.6. The van der Waals surface area contributed by atoms with Crippen LogP contribution in [0.5, 0.6) is 0 Å². The molecule has 1 spiro atoms. The summed E-state index contributed by atoms with van der Waals surface area (Å²) in [5, 5.41) is 4.61. The third-order valence-corrected chi connectivity index (χ3v) is 5.00. The number of aryl methyl sites for hydroxylation is 1. The van der Waals surface area contributed by atoms with Crippen molar-refractivity contribution in [3.63, 3.8) is 0 Å². The first kappa shape index (κ1) is 13.9. The molecule has 2 saturated heterocycles. The molecule has 3 heterocycles. The van der Waals surface area contributed by atoms with Gasteiger partial charge in [-0.2, -0.15) is 5.10 Å². The van der Waals surface area contributed by atoms with Crippen molar-refractivity contribution in [2.24, 2.45) is 12.5 Å². The molecule has 0 radical (unpaired) electrons. The van der Waals surface area contributed by atoms with Gasteiger partial charge >= 0.3 is 0 Å². The summed E-state index contributed by atoms with van der Waals surface area (Å²) in [6, 6.07) is 0. The average Bonchev–Trinajstić information content (AvgIpc) is 2.93. The number of piperidine rings is 1. The van der Waals surface area contributed by atoms with Crippen LogP contribution < -0.4 is 0 Å². The van der Waals surface area contributed by atoms with Crippen LogP contribution in [-0.4, -0.2) is 58.7 Å². The zero-order chi connectivity index (χ0) is 14.3. The molecular formula is C14H21ClN4O. The second kappa shape index (κ2) is 5.04. The minimum absolute atomic E-state index is 0.0307. The maximum atomic E-state index is 12.5. The Morgan fingerprint density at radius 2 is 1.90 bits per heavy atom. The SMILES string of the molecule is CN1CCC2(CCN(C(=O)c3nn(C)cc3Cl)CC2)C1. The van der Waals surface area contributed by atoms with Crippen molar-refractivity contribution in [2.45, 2.75) is 19.3 Å². The summed E-state index contributed by atoms with van der Waals surface area (Å²) >= 11 is 6.06. The average molecular weight is 297 g/mol. The number of carbonyl (C=O) groups is 1. The number of rotatable bonds is 1. The lowest BCUT2D eigenvalue weighted by Gasteiger charge is -2.39. The van der Waals surface area contributed by atoms with E-state index in [1.807, 2.05) is 4.90 Å². The second-order valence-electron chi connectivity index (χ2n) is 6.28. The van der Waals surface area contributed by atoms with Gasteiger partial charge < -0.3 is 9.80 Å². The number of carbonyl (C=O) groups excluding carboxylic acids is 1. The van der Waals surface area contributed by atoms with Crippen LogP contribution >= 0.6 is 11.6 Å². The quantitative estimate of drug-likeness (QED) is 0.791. The highest BCUT2D eigenvalue weighted by atomic mass is 35.5. The Balaban J connectivity index is 1.66. The molecule has 0 unspecified atom stereocenters. The van der Waals surface area contributed by atoms with Crippen molar-refractivity contribution in [3.8, 4) is 0 Å². The maximum absolute atomic E-state index is 12.5. The number of likely N-dealkylation sites (tertiary alicyclic amines) is 2. The van der Waals surface area contributed by atoms with E-state index >= 15 is 0 Å². The molecule has 6 heteroatoms. The smallest absolute Gasteiger partial charge is 0.275 e. The largest absolute Gasteiger partial charge is 0.337 e. The monoisotopic (exact) mass is 296 g/mol. The zero-order valence-electron chi connectivity index (χ0n) is 12.1. The van der Waals surface area contributed by atoms with Gasteiger partial charge in [-0.3, -0.25) is 9.48 Å². The Labute approximate surface area is 124 Å². The summed E-state index contributed by atoms with van der Waals surface area (Å²) in [6.07, 6.45) is 5.11. The van der Waals surface area contributed by atoms with Crippen molar-refractivity contribution in [3.05, 3.63) is 16.9 Å². The molecule has 0 saturated carbocycles. The fraction of sp³-hybridized carbons (Fsp3) is 0.714. The highest BCUT2D eigenvalue weighted by Gasteiger charge is 2.40. The molecule has 20 heavy (non-hydrogen) atoms. The highest BCUT2D eigenvalue weighted by Crippen LogP contribution is 2.40. The van der Waals surface area contributed by atoms with E-state index in [4.69, 9.17) is 11.6 Å². The van der Waals surface area contributed by atoms with E-state index in [-0.39, 0.29) is 5.91 Å². The van der Waals surface area contributed by atoms with Crippen LogP contribution in [0.4, 0.5) is 0 Å². The van der Waals surface area contributed by atoms with Crippen molar-refractivity contribution >= 4 is 17.5 Å². The van der Waals surface area contributed by atoms with E-state index in [0.29, 0.717) is 16.1 Å². The van der Waals surface area contributed by atoms with Crippen LogP contribution in [0.1, 0.15) is 29.8 Å². The molecule has 0 aliphatic carbocycles. The number of halogens is 1. The van der Waals surface area contributed by atoms with Gasteiger partial charge in [0.2, 0.25) is 0 Å². The first-order valence-corrected chi connectivity index (χ1v) is 7.54. The predicted molar refractivity (Wildman–Crippen MR) is 77.9 cm³/mol. The van der Waals surface area contributed by atoms with E-state index in [0.717, 1.165) is 25.9 Å². The summed E-state index contributed by atoms with van der Waals surface area (Å²) in [6.45, 7) is 3.98. The Morgan fingerprint density at radius 1 is 1.25 bits per heavy atom. The molecule has 5 nitrogen and oxygen atoms in total. The van der Waals surface area contributed by atoms with E-state index in [1.54, 1.807) is 17.9 Å². The van der Waals surface area contributed by atoms with E-state index in [1.165, 1.54) is 19.5 Å². The lowest BCUT2D eigenvalue weighted by atomic mass is 9.78. The molecule has 1 aromatic heterocycles. The van der Waals surface area contributed by atoms with Gasteiger partial charge in [-0.1, -0.05) is 11.6 Å². The molecule has 110 valence electrons. The fourth-order valence-corrected chi connectivity index (χ4v) is 3.77. The first-order valence-electron chi connectivity index (χ1n) is 7.16. The summed E-state index contributed by atoms with van der Waals surface area (Å²) in [4.78, 5) is 16.8. The number of nitrogens with zero attached hydrogens (tertiary/aromatic N) is 4. The standard InChI is InChI=1S/C14H21ClN4O/c1-17-6-3-14(10-17)4-7-19(8-5-14)13(20)12-11(15)9-18(2)16-12/h9H,3-8,10H2,1-2H3. The molecule has 3 rings (SSSR count). The summed E-state index contributed by atoms with van der Waals surface area (Å²) in [7, 11) is 3.96. The minimum atomic E-state index is -0.0307. The Kier molecular flexibility index (Phi) is 3.50. The number of amides is 1. The first-order chi connectivity index (χ1) is 9.49. The summed E-state index contributed by atoms with van der Waals surface area (Å²) in [5.74, 6) is -0.0307. The molecule has 0 aromatic carbocycles. The molecule has 2 fully saturated rings. The van der Waals surface area contributed by atoms with Crippen molar-refractivity contribution in [1.82, 2.24) is 19.6 Å². The van der Waals surface area contributed by atoms with Gasteiger partial charge in [-0.25, -0.2) is 0 Å². The summed E-state index contributed by atoms with van der Waals surface area (Å²) in [5.41, 5.74) is 0.813. The van der Waals surface area contributed by atoms with Crippen LogP contribution in [0.3, 0.4) is 0 Å². The third-order valence-electron chi connectivity index (χ3n) is 4.73. The Bertz CT molecular complexity index is 519. The van der Waals surface area contributed by atoms with Crippen molar-refractivity contribution < 1.29 is 4.79 Å². The van der Waals surface area contributed by atoms with Crippen LogP contribution in [-0.2, 0) is 7.05 Å². The van der Waals surface area contributed by atoms with Gasteiger partial charge in [-0.05, 0) is 38.3 Å². The van der Waals surface area contributed by atoms with Crippen molar-refractivity contribution in [2.75, 3.05) is 33.2 Å². The molecule has 0 atom stereocenters. The van der Waals surface area contributed by atoms with E-state index in [2.05, 4.69) is 17.0 Å². The lowest BCUT2D eigenvalue weighted by Crippen LogP contribution is -2.44. The van der Waals surface area contributed by atoms with Gasteiger partial charge in [0, 0.05) is 32.9 Å². The number of hydrogen-bond donors (Lipinski definition) is 0. The molecule has 0 bridgehead atoms. The van der Waals surface area contributed by atoms with Crippen LogP contribution in [0.25, 0.3) is 0 Å². The van der Waals surface area contributed by atoms with Crippen LogP contribution in [0.15, 0.2) is 6.20 Å². The van der Waals surface area contributed by atoms with Crippen molar-refractivity contribution in [1.29, 1.82) is 0 Å². The third kappa shape index (κ3) is 2.44. The molecule has 1 aromatic rings. The zero-order valence-corrected chi connectivity index (χ0v) is 12.9. The molecule has 2 aliphatic rings. The summed E-state index contributed by atoms with van der Waals surface area (Å²) < 4.78 is 1.59. The predicted octanol–water partition coefficient (Wildman–Crippen LogP) is 1.63. The van der Waals surface area contributed by atoms with Gasteiger partial charge in [0.15, 0.2) is 5.69 Å². The van der Waals surface area contributed by atoms with Gasteiger partial charge in [-0.15, -0.1) is 0 Å². The van der Waals surface area contributed by atoms with Crippen LogP contribution in [0, 0.1) is 5.41 Å². The van der Waals surface area contributed by atoms with E-state index in [9.17, 15) is 4.79 Å². The molecule has 1 amide bonds. The second-order valence-corrected chi connectivity index (χ2v) is 6.69. The van der Waals surface area contributed by atoms with Gasteiger partial charge in [0.25, 0.3) is 5.91 Å². The number of aromatic nitrogens is 2. The maximum Gasteiger partial charge on any atom is 0.275 e. The molecular weight excluding hydrogens is 276 g/mol. The topological polar surface area (TPSA) is 41.4 Å². The van der Waals surface area contributed by atoms with Gasteiger partial charge in [0.1, 0.15) is 0 Å². The fourth-order valence-electron chi connectivity index (χ4n) is 3.51. The number of hydrogen-bond acceptors (Lipinski definition) is 3.